The van der Waals surface area contributed by atoms with Crippen LogP contribution in [0.4, 0.5) is 0 Å². The minimum absolute atomic E-state index is 0.0396. The lowest BCUT2D eigenvalue weighted by atomic mass is 10.1. The van der Waals surface area contributed by atoms with Gasteiger partial charge in [-0.05, 0) is 36.9 Å². The number of hydrogen-bond acceptors (Lipinski definition) is 6. The molecule has 0 saturated carbocycles. The summed E-state index contributed by atoms with van der Waals surface area (Å²) < 4.78 is 31.8. The fraction of sp³-hybridized carbons (Fsp3) is 0.125. The molecule has 3 heterocycles. The van der Waals surface area contributed by atoms with Gasteiger partial charge >= 0.3 is 0 Å². The Hall–Kier alpha value is -2.89. The summed E-state index contributed by atoms with van der Waals surface area (Å²) >= 11 is 0. The molecule has 0 aliphatic heterocycles. The van der Waals surface area contributed by atoms with Gasteiger partial charge in [0, 0.05) is 24.5 Å². The van der Waals surface area contributed by atoms with Crippen molar-refractivity contribution >= 4 is 10.0 Å². The van der Waals surface area contributed by atoms with E-state index in [1.54, 1.807) is 25.2 Å². The van der Waals surface area contributed by atoms with E-state index in [-0.39, 0.29) is 10.6 Å². The molecule has 122 valence electrons. The highest BCUT2D eigenvalue weighted by Crippen LogP contribution is 2.28. The zero-order valence-corrected chi connectivity index (χ0v) is 13.6. The van der Waals surface area contributed by atoms with E-state index in [4.69, 9.17) is 4.42 Å². The van der Waals surface area contributed by atoms with Gasteiger partial charge in [0.1, 0.15) is 22.9 Å². The first kappa shape index (κ1) is 16.0. The molecule has 0 aromatic carbocycles. The lowest BCUT2D eigenvalue weighted by Gasteiger charge is -2.09. The highest BCUT2D eigenvalue weighted by atomic mass is 32.2. The molecule has 3 aromatic rings. The molecule has 24 heavy (non-hydrogen) atoms. The Morgan fingerprint density at radius 2 is 2.25 bits per heavy atom. The third-order valence-electron chi connectivity index (χ3n) is 3.46. The van der Waals surface area contributed by atoms with Gasteiger partial charge in [0.25, 0.3) is 10.0 Å². The summed E-state index contributed by atoms with van der Waals surface area (Å²) in [5.74, 6) is 0. The topological polar surface area (TPSA) is 101 Å². The van der Waals surface area contributed by atoms with Crippen molar-refractivity contribution < 1.29 is 12.8 Å². The zero-order chi connectivity index (χ0) is 17.2. The van der Waals surface area contributed by atoms with E-state index in [1.807, 2.05) is 6.07 Å². The van der Waals surface area contributed by atoms with Crippen molar-refractivity contribution in [2.75, 3.05) is 7.05 Å². The van der Waals surface area contributed by atoms with E-state index in [2.05, 4.69) is 10.3 Å². The molecule has 0 bridgehead atoms. The minimum atomic E-state index is -3.84. The molecule has 0 atom stereocenters. The Labute approximate surface area is 139 Å². The molecular weight excluding hydrogens is 328 g/mol. The number of pyridine rings is 1. The number of nitrogens with one attached hydrogen (secondary N) is 1. The van der Waals surface area contributed by atoms with Crippen LogP contribution in [0, 0.1) is 11.3 Å². The van der Waals surface area contributed by atoms with Crippen molar-refractivity contribution in [1.29, 1.82) is 5.26 Å². The quantitative estimate of drug-likeness (QED) is 0.761. The predicted molar refractivity (Wildman–Crippen MR) is 86.4 cm³/mol. The minimum Gasteiger partial charge on any atom is -0.471 e. The zero-order valence-electron chi connectivity index (χ0n) is 12.8. The molecule has 1 N–H and O–H groups in total. The summed E-state index contributed by atoms with van der Waals surface area (Å²) in [5.41, 5.74) is 1.77. The third-order valence-corrected chi connectivity index (χ3v) is 5.11. The first-order chi connectivity index (χ1) is 11.6. The maximum absolute atomic E-state index is 12.9. The van der Waals surface area contributed by atoms with Crippen molar-refractivity contribution in [3.8, 4) is 17.3 Å². The van der Waals surface area contributed by atoms with Crippen molar-refractivity contribution in [3.05, 3.63) is 60.4 Å². The molecule has 0 saturated heterocycles. The molecule has 3 rings (SSSR count). The van der Waals surface area contributed by atoms with Crippen LogP contribution in [0.5, 0.6) is 0 Å². The second-order valence-electron chi connectivity index (χ2n) is 5.04. The van der Waals surface area contributed by atoms with Gasteiger partial charge < -0.3 is 9.73 Å². The molecule has 8 heteroatoms. The molecule has 7 nitrogen and oxygen atoms in total. The number of nitrogens with zero attached hydrogens (tertiary/aromatic N) is 3. The van der Waals surface area contributed by atoms with E-state index in [1.165, 1.54) is 31.0 Å². The van der Waals surface area contributed by atoms with E-state index in [0.717, 1.165) is 9.54 Å². The van der Waals surface area contributed by atoms with Crippen LogP contribution in [0.15, 0.2) is 58.5 Å². The van der Waals surface area contributed by atoms with Gasteiger partial charge in [0.05, 0.1) is 12.0 Å². The predicted octanol–water partition coefficient (Wildman–Crippen LogP) is 1.97. The van der Waals surface area contributed by atoms with E-state index in [0.29, 0.717) is 17.8 Å². The number of aromatic nitrogens is 2. The van der Waals surface area contributed by atoms with Crippen molar-refractivity contribution in [2.24, 2.45) is 0 Å². The van der Waals surface area contributed by atoms with Gasteiger partial charge in [-0.15, -0.1) is 0 Å². The van der Waals surface area contributed by atoms with E-state index < -0.39 is 10.0 Å². The van der Waals surface area contributed by atoms with Crippen LogP contribution in [-0.2, 0) is 16.6 Å². The average molecular weight is 342 g/mol. The SMILES string of the molecule is CNCc1cc(-c2cccnc2C#N)n(S(=O)(=O)c2ccoc2)c1. The van der Waals surface area contributed by atoms with E-state index >= 15 is 0 Å². The smallest absolute Gasteiger partial charge is 0.271 e. The second-order valence-corrected chi connectivity index (χ2v) is 6.85. The van der Waals surface area contributed by atoms with Crippen LogP contribution in [0.3, 0.4) is 0 Å². The Morgan fingerprint density at radius 1 is 1.42 bits per heavy atom. The molecule has 0 aliphatic rings. The van der Waals surface area contributed by atoms with Crippen LogP contribution in [-0.4, -0.2) is 24.4 Å². The largest absolute Gasteiger partial charge is 0.471 e. The summed E-state index contributed by atoms with van der Waals surface area (Å²) in [6.45, 7) is 0.489. The van der Waals surface area contributed by atoms with Crippen LogP contribution in [0.2, 0.25) is 0 Å². The maximum Gasteiger partial charge on any atom is 0.271 e. The first-order valence-corrected chi connectivity index (χ1v) is 8.51. The van der Waals surface area contributed by atoms with Gasteiger partial charge in [0.15, 0.2) is 0 Å². The first-order valence-electron chi connectivity index (χ1n) is 7.07. The Balaban J connectivity index is 2.25. The maximum atomic E-state index is 12.9. The summed E-state index contributed by atoms with van der Waals surface area (Å²) in [4.78, 5) is 4.05. The van der Waals surface area contributed by atoms with Crippen LogP contribution in [0.1, 0.15) is 11.3 Å². The monoisotopic (exact) mass is 342 g/mol. The van der Waals surface area contributed by atoms with Crippen molar-refractivity contribution in [1.82, 2.24) is 14.3 Å². The Morgan fingerprint density at radius 3 is 2.92 bits per heavy atom. The highest BCUT2D eigenvalue weighted by Gasteiger charge is 2.24. The summed E-state index contributed by atoms with van der Waals surface area (Å²) in [6.07, 6.45) is 5.50. The molecule has 0 fully saturated rings. The highest BCUT2D eigenvalue weighted by molar-refractivity contribution is 7.90. The summed E-state index contributed by atoms with van der Waals surface area (Å²) in [6, 6.07) is 8.44. The fourth-order valence-corrected chi connectivity index (χ4v) is 3.72. The molecule has 0 unspecified atom stereocenters. The molecular formula is C16H14N4O3S. The van der Waals surface area contributed by atoms with Crippen LogP contribution >= 0.6 is 0 Å². The van der Waals surface area contributed by atoms with Gasteiger partial charge in [-0.3, -0.25) is 0 Å². The molecule has 0 spiro atoms. The molecule has 0 radical (unpaired) electrons. The second kappa shape index (κ2) is 6.31. The van der Waals surface area contributed by atoms with Crippen LogP contribution < -0.4 is 5.32 Å². The lowest BCUT2D eigenvalue weighted by Crippen LogP contribution is -2.13. The summed E-state index contributed by atoms with van der Waals surface area (Å²) in [7, 11) is -2.07. The number of furan rings is 1. The van der Waals surface area contributed by atoms with Crippen molar-refractivity contribution in [3.63, 3.8) is 0 Å². The molecule has 0 aliphatic carbocycles. The number of rotatable bonds is 5. The Kier molecular flexibility index (Phi) is 4.20. The fourth-order valence-electron chi connectivity index (χ4n) is 2.41. The van der Waals surface area contributed by atoms with Gasteiger partial charge in [-0.25, -0.2) is 17.4 Å². The third kappa shape index (κ3) is 2.71. The Bertz CT molecular complexity index is 998. The van der Waals surface area contributed by atoms with Gasteiger partial charge in [-0.1, -0.05) is 0 Å². The van der Waals surface area contributed by atoms with E-state index in [9.17, 15) is 13.7 Å². The van der Waals surface area contributed by atoms with Crippen LogP contribution in [0.25, 0.3) is 11.3 Å². The molecule has 0 amide bonds. The lowest BCUT2D eigenvalue weighted by molar-refractivity contribution is 0.554. The van der Waals surface area contributed by atoms with Gasteiger partial charge in [-0.2, -0.15) is 5.26 Å². The van der Waals surface area contributed by atoms with Gasteiger partial charge in [0.2, 0.25) is 0 Å². The standard InChI is InChI=1S/C16H14N4O3S/c1-18-9-12-7-16(14-3-2-5-19-15(14)8-17)20(10-12)24(21,22)13-4-6-23-11-13/h2-7,10-11,18H,9H2,1H3. The summed E-state index contributed by atoms with van der Waals surface area (Å²) in [5, 5.41) is 12.3. The number of nitriles is 1. The normalized spacial score (nSPS) is 11.3. The number of hydrogen-bond donors (Lipinski definition) is 1. The van der Waals surface area contributed by atoms with Crippen molar-refractivity contribution in [2.45, 2.75) is 11.4 Å². The molecule has 3 aromatic heterocycles. The average Bonchev–Trinajstić information content (AvgIpc) is 3.25.